The summed E-state index contributed by atoms with van der Waals surface area (Å²) in [6.45, 7) is 1.35. The van der Waals surface area contributed by atoms with Crippen LogP contribution < -0.4 is 0 Å². The van der Waals surface area contributed by atoms with Crippen LogP contribution in [0.2, 0.25) is 0 Å². The molecule has 0 radical (unpaired) electrons. The number of rotatable bonds is 6. The highest BCUT2D eigenvalue weighted by atomic mass is 16.6. The number of nitro groups is 1. The van der Waals surface area contributed by atoms with Crippen LogP contribution in [0.5, 0.6) is 0 Å². The zero-order valence-electron chi connectivity index (χ0n) is 12.5. The molecule has 2 atom stereocenters. The van der Waals surface area contributed by atoms with Gasteiger partial charge in [-0.3, -0.25) is 19.7 Å². The van der Waals surface area contributed by atoms with Crippen molar-refractivity contribution in [1.82, 2.24) is 0 Å². The topological polar surface area (TPSA) is 86.5 Å². The van der Waals surface area contributed by atoms with Crippen LogP contribution in [-0.2, 0) is 14.3 Å². The molecule has 118 valence electrons. The van der Waals surface area contributed by atoms with Crippen LogP contribution in [0.1, 0.15) is 37.7 Å². The van der Waals surface area contributed by atoms with Crippen molar-refractivity contribution in [3.05, 3.63) is 46.0 Å². The van der Waals surface area contributed by atoms with Gasteiger partial charge in [0.05, 0.1) is 12.5 Å². The van der Waals surface area contributed by atoms with Crippen LogP contribution in [0.3, 0.4) is 0 Å². The number of carbonyl (C=O) groups excluding carboxylic acids is 2. The van der Waals surface area contributed by atoms with Gasteiger partial charge < -0.3 is 4.74 Å². The lowest BCUT2D eigenvalue weighted by atomic mass is 9.70. The van der Waals surface area contributed by atoms with Crippen molar-refractivity contribution in [3.8, 4) is 0 Å². The quantitative estimate of drug-likeness (QED) is 0.348. The first-order valence-electron chi connectivity index (χ1n) is 7.39. The molecule has 2 rings (SSSR count). The van der Waals surface area contributed by atoms with Gasteiger partial charge in [0, 0.05) is 11.3 Å². The molecule has 1 saturated carbocycles. The number of Topliss-reactive ketones (excluding diaryl/α,β-unsaturated/α-hetero) is 1. The lowest BCUT2D eigenvalue weighted by Crippen LogP contribution is -2.44. The molecule has 1 aromatic rings. The van der Waals surface area contributed by atoms with Gasteiger partial charge in [-0.05, 0) is 25.3 Å². The van der Waals surface area contributed by atoms with Crippen molar-refractivity contribution in [3.63, 3.8) is 0 Å². The highest BCUT2D eigenvalue weighted by Gasteiger charge is 2.57. The number of nitrogens with zero attached hydrogens (tertiary/aromatic N) is 1. The van der Waals surface area contributed by atoms with E-state index >= 15 is 0 Å². The van der Waals surface area contributed by atoms with Crippen LogP contribution in [-0.4, -0.2) is 29.8 Å². The standard InChI is InChI=1S/C16H19NO5/c1-2-22-15(19)16(10-6-9-14(16)18)13(11-17(20)21)12-7-4-3-5-8-12/h3-5,7-8,13H,2,6,9-11H2,1H3/t13-,16?/m0/s1. The Bertz CT molecular complexity index is 571. The van der Waals surface area contributed by atoms with Crippen molar-refractivity contribution in [2.24, 2.45) is 5.41 Å². The Balaban J connectivity index is 2.51. The van der Waals surface area contributed by atoms with Crippen molar-refractivity contribution in [1.29, 1.82) is 0 Å². The van der Waals surface area contributed by atoms with E-state index in [0.717, 1.165) is 0 Å². The van der Waals surface area contributed by atoms with E-state index < -0.39 is 28.8 Å². The summed E-state index contributed by atoms with van der Waals surface area (Å²) in [6, 6.07) is 8.74. The van der Waals surface area contributed by atoms with Crippen LogP contribution in [0.25, 0.3) is 0 Å². The van der Waals surface area contributed by atoms with Crippen molar-refractivity contribution >= 4 is 11.8 Å². The second-order valence-electron chi connectivity index (χ2n) is 5.45. The van der Waals surface area contributed by atoms with Crippen molar-refractivity contribution in [2.75, 3.05) is 13.2 Å². The average molecular weight is 305 g/mol. The first-order chi connectivity index (χ1) is 10.5. The van der Waals surface area contributed by atoms with Gasteiger partial charge in [0.1, 0.15) is 5.41 Å². The fraction of sp³-hybridized carbons (Fsp3) is 0.500. The molecule has 22 heavy (non-hydrogen) atoms. The molecule has 1 aliphatic carbocycles. The van der Waals surface area contributed by atoms with Gasteiger partial charge in [0.2, 0.25) is 6.54 Å². The fourth-order valence-electron chi connectivity index (χ4n) is 3.26. The number of hydrogen-bond acceptors (Lipinski definition) is 5. The van der Waals surface area contributed by atoms with E-state index in [2.05, 4.69) is 0 Å². The predicted molar refractivity (Wildman–Crippen MR) is 79.0 cm³/mol. The molecule has 0 saturated heterocycles. The molecule has 1 aromatic carbocycles. The van der Waals surface area contributed by atoms with Crippen molar-refractivity contribution < 1.29 is 19.2 Å². The maximum Gasteiger partial charge on any atom is 0.320 e. The smallest absolute Gasteiger partial charge is 0.320 e. The van der Waals surface area contributed by atoms with Crippen LogP contribution in [0, 0.1) is 15.5 Å². The number of benzene rings is 1. The molecule has 1 aliphatic rings. The van der Waals surface area contributed by atoms with E-state index in [-0.39, 0.29) is 18.8 Å². The van der Waals surface area contributed by atoms with E-state index in [4.69, 9.17) is 4.74 Å². The Hall–Kier alpha value is -2.24. The third-order valence-corrected chi connectivity index (χ3v) is 4.24. The van der Waals surface area contributed by atoms with Crippen LogP contribution in [0.15, 0.2) is 30.3 Å². The summed E-state index contributed by atoms with van der Waals surface area (Å²) in [5.74, 6) is -1.67. The van der Waals surface area contributed by atoms with Gasteiger partial charge in [-0.15, -0.1) is 0 Å². The summed E-state index contributed by atoms with van der Waals surface area (Å²) in [7, 11) is 0. The second-order valence-corrected chi connectivity index (χ2v) is 5.45. The van der Waals surface area contributed by atoms with Gasteiger partial charge in [-0.25, -0.2) is 0 Å². The highest BCUT2D eigenvalue weighted by Crippen LogP contribution is 2.47. The minimum absolute atomic E-state index is 0.147. The third-order valence-electron chi connectivity index (χ3n) is 4.24. The first kappa shape index (κ1) is 16.1. The molecule has 0 bridgehead atoms. The maximum absolute atomic E-state index is 12.5. The van der Waals surface area contributed by atoms with Gasteiger partial charge in [0.15, 0.2) is 5.78 Å². The molecule has 0 heterocycles. The SMILES string of the molecule is CCOC(=O)C1([C@@H](C[N+](=O)[O-])c2ccccc2)CCCC1=O. The Morgan fingerprint density at radius 1 is 1.41 bits per heavy atom. The van der Waals surface area contributed by atoms with Crippen LogP contribution >= 0.6 is 0 Å². The van der Waals surface area contributed by atoms with Gasteiger partial charge >= 0.3 is 5.97 Å². The Labute approximate surface area is 128 Å². The number of hydrogen-bond donors (Lipinski definition) is 0. The number of ketones is 1. The zero-order valence-corrected chi connectivity index (χ0v) is 12.5. The summed E-state index contributed by atoms with van der Waals surface area (Å²) < 4.78 is 5.10. The monoisotopic (exact) mass is 305 g/mol. The van der Waals surface area contributed by atoms with E-state index in [1.807, 2.05) is 0 Å². The molecule has 0 spiro atoms. The number of esters is 1. The molecular weight excluding hydrogens is 286 g/mol. The summed E-state index contributed by atoms with van der Waals surface area (Å²) in [5.41, 5.74) is -0.799. The van der Waals surface area contributed by atoms with Crippen LogP contribution in [0.4, 0.5) is 0 Å². The van der Waals surface area contributed by atoms with Gasteiger partial charge in [-0.1, -0.05) is 30.3 Å². The zero-order chi connectivity index (χ0) is 16.2. The Morgan fingerprint density at radius 2 is 2.09 bits per heavy atom. The third kappa shape index (κ3) is 2.86. The largest absolute Gasteiger partial charge is 0.465 e. The average Bonchev–Trinajstić information content (AvgIpc) is 2.88. The molecule has 0 N–H and O–H groups in total. The maximum atomic E-state index is 12.5. The summed E-state index contributed by atoms with van der Waals surface area (Å²) in [4.78, 5) is 35.6. The fourth-order valence-corrected chi connectivity index (χ4v) is 3.26. The number of ether oxygens (including phenoxy) is 1. The highest BCUT2D eigenvalue weighted by molar-refractivity contribution is 6.06. The minimum atomic E-state index is -1.43. The molecule has 1 unspecified atom stereocenters. The molecule has 6 nitrogen and oxygen atoms in total. The molecule has 0 aliphatic heterocycles. The van der Waals surface area contributed by atoms with Gasteiger partial charge in [0.25, 0.3) is 0 Å². The molecule has 6 heteroatoms. The van der Waals surface area contributed by atoms with Crippen molar-refractivity contribution in [2.45, 2.75) is 32.1 Å². The van der Waals surface area contributed by atoms with Gasteiger partial charge in [-0.2, -0.15) is 0 Å². The number of carbonyl (C=O) groups is 2. The lowest BCUT2D eigenvalue weighted by Gasteiger charge is -2.31. The second kappa shape index (κ2) is 6.68. The minimum Gasteiger partial charge on any atom is -0.465 e. The Morgan fingerprint density at radius 3 is 2.59 bits per heavy atom. The van der Waals surface area contributed by atoms with E-state index in [9.17, 15) is 19.7 Å². The first-order valence-corrected chi connectivity index (χ1v) is 7.39. The molecule has 1 fully saturated rings. The summed E-state index contributed by atoms with van der Waals surface area (Å²) in [5, 5.41) is 11.1. The predicted octanol–water partition coefficient (Wildman–Crippen LogP) is 2.35. The summed E-state index contributed by atoms with van der Waals surface area (Å²) >= 11 is 0. The van der Waals surface area contributed by atoms with E-state index in [1.54, 1.807) is 37.3 Å². The van der Waals surface area contributed by atoms with E-state index in [0.29, 0.717) is 18.4 Å². The molecular formula is C16H19NO5. The lowest BCUT2D eigenvalue weighted by molar-refractivity contribution is -0.485. The molecule has 0 amide bonds. The molecule has 0 aromatic heterocycles. The summed E-state index contributed by atoms with van der Waals surface area (Å²) in [6.07, 6.45) is 1.12. The Kier molecular flexibility index (Phi) is 4.90. The van der Waals surface area contributed by atoms with E-state index in [1.165, 1.54) is 0 Å². The normalized spacial score (nSPS) is 22.3.